The minimum atomic E-state index is -0.538. The van der Waals surface area contributed by atoms with E-state index in [0.717, 1.165) is 0 Å². The van der Waals surface area contributed by atoms with Crippen molar-refractivity contribution in [3.63, 3.8) is 0 Å². The van der Waals surface area contributed by atoms with E-state index in [9.17, 15) is 9.59 Å². The summed E-state index contributed by atoms with van der Waals surface area (Å²) in [5.41, 5.74) is -0.218. The highest BCUT2D eigenvalue weighted by atomic mass is 16.6. The fourth-order valence-corrected chi connectivity index (χ4v) is 2.40. The van der Waals surface area contributed by atoms with Crippen LogP contribution in [0.25, 0.3) is 0 Å². The molecule has 6 nitrogen and oxygen atoms in total. The zero-order chi connectivity index (χ0) is 16.3. The summed E-state index contributed by atoms with van der Waals surface area (Å²) in [5, 5.41) is 0. The van der Waals surface area contributed by atoms with Crippen LogP contribution in [0.1, 0.15) is 37.7 Å². The van der Waals surface area contributed by atoms with Crippen molar-refractivity contribution in [2.75, 3.05) is 20.2 Å². The van der Waals surface area contributed by atoms with Gasteiger partial charge in [-0.3, -0.25) is 4.79 Å². The molecule has 120 valence electrons. The summed E-state index contributed by atoms with van der Waals surface area (Å²) >= 11 is 0. The first kappa shape index (κ1) is 16.3. The lowest BCUT2D eigenvalue weighted by Crippen LogP contribution is -2.36. The largest absolute Gasteiger partial charge is 0.494 e. The van der Waals surface area contributed by atoms with E-state index >= 15 is 0 Å². The fraction of sp³-hybridized carbons (Fsp3) is 0.562. The Labute approximate surface area is 130 Å². The molecule has 1 aromatic rings. The Morgan fingerprint density at radius 2 is 2.09 bits per heavy atom. The van der Waals surface area contributed by atoms with E-state index in [1.165, 1.54) is 7.11 Å². The number of ether oxygens (including phenoxy) is 2. The smallest absolute Gasteiger partial charge is 0.410 e. The number of pyridine rings is 1. The summed E-state index contributed by atoms with van der Waals surface area (Å²) < 4.78 is 10.5. The van der Waals surface area contributed by atoms with Crippen LogP contribution in [0.15, 0.2) is 18.3 Å². The maximum absolute atomic E-state index is 12.6. The Bertz CT molecular complexity index is 566. The number of aromatic nitrogens is 1. The number of nitrogens with zero attached hydrogens (tertiary/aromatic N) is 2. The summed E-state index contributed by atoms with van der Waals surface area (Å²) in [6, 6.07) is 3.43. The van der Waals surface area contributed by atoms with Gasteiger partial charge in [0.2, 0.25) is 0 Å². The normalized spacial score (nSPS) is 18.2. The van der Waals surface area contributed by atoms with Crippen LogP contribution in [0.5, 0.6) is 5.75 Å². The Balaban J connectivity index is 2.04. The zero-order valence-corrected chi connectivity index (χ0v) is 13.5. The molecular weight excluding hydrogens is 284 g/mol. The number of ketones is 1. The van der Waals surface area contributed by atoms with Gasteiger partial charge in [0.15, 0.2) is 5.78 Å². The molecule has 1 aliphatic rings. The van der Waals surface area contributed by atoms with Gasteiger partial charge in [-0.05, 0) is 39.3 Å². The minimum absolute atomic E-state index is 0.0940. The molecule has 0 aliphatic carbocycles. The van der Waals surface area contributed by atoms with Crippen LogP contribution in [-0.2, 0) is 4.74 Å². The van der Waals surface area contributed by atoms with Gasteiger partial charge in [0, 0.05) is 25.2 Å². The number of Topliss-reactive ketones (excluding diaryl/α,β-unsaturated/α-hetero) is 1. The van der Waals surface area contributed by atoms with Crippen molar-refractivity contribution in [1.82, 2.24) is 9.88 Å². The lowest BCUT2D eigenvalue weighted by atomic mass is 10.00. The second-order valence-electron chi connectivity index (χ2n) is 6.33. The quantitative estimate of drug-likeness (QED) is 0.803. The van der Waals surface area contributed by atoms with Crippen LogP contribution in [0, 0.1) is 5.92 Å². The Morgan fingerprint density at radius 3 is 2.73 bits per heavy atom. The molecule has 6 heteroatoms. The molecular formula is C16H22N2O4. The predicted octanol–water partition coefficient (Wildman–Crippen LogP) is 2.53. The Hall–Kier alpha value is -2.11. The highest BCUT2D eigenvalue weighted by Crippen LogP contribution is 2.25. The monoisotopic (exact) mass is 306 g/mol. The van der Waals surface area contributed by atoms with E-state index in [0.29, 0.717) is 31.0 Å². The van der Waals surface area contributed by atoms with Gasteiger partial charge in [-0.25, -0.2) is 9.78 Å². The number of hydrogen-bond donors (Lipinski definition) is 0. The van der Waals surface area contributed by atoms with Crippen LogP contribution in [0.3, 0.4) is 0 Å². The Kier molecular flexibility index (Phi) is 4.68. The molecule has 1 aliphatic heterocycles. The van der Waals surface area contributed by atoms with Gasteiger partial charge in [-0.15, -0.1) is 0 Å². The average molecular weight is 306 g/mol. The van der Waals surface area contributed by atoms with Gasteiger partial charge >= 0.3 is 6.09 Å². The molecule has 0 aromatic carbocycles. The van der Waals surface area contributed by atoms with Crippen molar-refractivity contribution in [2.24, 2.45) is 5.92 Å². The van der Waals surface area contributed by atoms with Crippen molar-refractivity contribution >= 4 is 11.9 Å². The minimum Gasteiger partial charge on any atom is -0.494 e. The molecule has 1 fully saturated rings. The summed E-state index contributed by atoms with van der Waals surface area (Å²) in [7, 11) is 1.51. The molecule has 1 saturated heterocycles. The van der Waals surface area contributed by atoms with Gasteiger partial charge in [0.05, 0.1) is 7.11 Å². The molecule has 0 bridgehead atoms. The molecule has 1 aromatic heterocycles. The summed E-state index contributed by atoms with van der Waals surface area (Å²) in [4.78, 5) is 30.3. The molecule has 22 heavy (non-hydrogen) atoms. The summed E-state index contributed by atoms with van der Waals surface area (Å²) in [6.07, 6.45) is 1.80. The third-order valence-electron chi connectivity index (χ3n) is 3.43. The molecule has 1 amide bonds. The molecule has 0 spiro atoms. The van der Waals surface area contributed by atoms with Crippen LogP contribution < -0.4 is 4.74 Å². The van der Waals surface area contributed by atoms with Crippen LogP contribution in [0.4, 0.5) is 4.79 Å². The molecule has 0 saturated carbocycles. The third-order valence-corrected chi connectivity index (χ3v) is 3.43. The summed E-state index contributed by atoms with van der Waals surface area (Å²) in [5.74, 6) is 0.100. The van der Waals surface area contributed by atoms with Gasteiger partial charge in [0.25, 0.3) is 0 Å². The van der Waals surface area contributed by atoms with Crippen LogP contribution in [0.2, 0.25) is 0 Å². The predicted molar refractivity (Wildman–Crippen MR) is 81.0 cm³/mol. The molecule has 0 N–H and O–H groups in total. The van der Waals surface area contributed by atoms with E-state index in [1.807, 2.05) is 20.8 Å². The van der Waals surface area contributed by atoms with Crippen molar-refractivity contribution in [3.8, 4) is 5.75 Å². The average Bonchev–Trinajstić information content (AvgIpc) is 2.94. The van der Waals surface area contributed by atoms with Crippen molar-refractivity contribution in [2.45, 2.75) is 32.8 Å². The maximum atomic E-state index is 12.6. The number of rotatable bonds is 3. The standard InChI is InChI=1S/C16H22N2O4/c1-16(2,3)22-15(20)18-9-7-11(10-18)14(19)13-12(21-4)6-5-8-17-13/h5-6,8,11H,7,9-10H2,1-4H3. The number of likely N-dealkylation sites (tertiary alicyclic amines) is 1. The first-order valence-corrected chi connectivity index (χ1v) is 7.33. The second kappa shape index (κ2) is 6.34. The second-order valence-corrected chi connectivity index (χ2v) is 6.33. The molecule has 1 unspecified atom stereocenters. The van der Waals surface area contributed by atoms with E-state index in [-0.39, 0.29) is 17.8 Å². The maximum Gasteiger partial charge on any atom is 0.410 e. The molecule has 1 atom stereocenters. The van der Waals surface area contributed by atoms with E-state index in [1.54, 1.807) is 23.2 Å². The Morgan fingerprint density at radius 1 is 1.36 bits per heavy atom. The molecule has 0 radical (unpaired) electrons. The van der Waals surface area contributed by atoms with Crippen LogP contribution in [-0.4, -0.2) is 47.6 Å². The number of methoxy groups -OCH3 is 1. The highest BCUT2D eigenvalue weighted by Gasteiger charge is 2.35. The van der Waals surface area contributed by atoms with Gasteiger partial charge in [0.1, 0.15) is 17.0 Å². The van der Waals surface area contributed by atoms with Gasteiger partial charge < -0.3 is 14.4 Å². The number of hydrogen-bond acceptors (Lipinski definition) is 5. The topological polar surface area (TPSA) is 68.7 Å². The van der Waals surface area contributed by atoms with E-state index < -0.39 is 5.60 Å². The number of amides is 1. The van der Waals surface area contributed by atoms with Gasteiger partial charge in [-0.2, -0.15) is 0 Å². The summed E-state index contributed by atoms with van der Waals surface area (Å²) in [6.45, 7) is 6.33. The third kappa shape index (κ3) is 3.75. The van der Waals surface area contributed by atoms with Gasteiger partial charge in [-0.1, -0.05) is 0 Å². The molecule has 2 rings (SSSR count). The van der Waals surface area contributed by atoms with Crippen LogP contribution >= 0.6 is 0 Å². The number of carbonyl (C=O) groups excluding carboxylic acids is 2. The number of carbonyl (C=O) groups is 2. The van der Waals surface area contributed by atoms with E-state index in [2.05, 4.69) is 4.98 Å². The molecule has 2 heterocycles. The first-order valence-electron chi connectivity index (χ1n) is 7.33. The first-order chi connectivity index (χ1) is 10.3. The highest BCUT2D eigenvalue weighted by molar-refractivity contribution is 5.99. The van der Waals surface area contributed by atoms with Crippen molar-refractivity contribution in [3.05, 3.63) is 24.0 Å². The lowest BCUT2D eigenvalue weighted by Gasteiger charge is -2.24. The van der Waals surface area contributed by atoms with Crippen molar-refractivity contribution < 1.29 is 19.1 Å². The zero-order valence-electron chi connectivity index (χ0n) is 13.5. The SMILES string of the molecule is COc1cccnc1C(=O)C1CCN(C(=O)OC(C)(C)C)C1. The van der Waals surface area contributed by atoms with Crippen molar-refractivity contribution in [1.29, 1.82) is 0 Å². The van der Waals surface area contributed by atoms with E-state index in [4.69, 9.17) is 9.47 Å². The lowest BCUT2D eigenvalue weighted by molar-refractivity contribution is 0.0289. The fourth-order valence-electron chi connectivity index (χ4n) is 2.40.